The summed E-state index contributed by atoms with van der Waals surface area (Å²) < 4.78 is 17.2. The number of carbonyl (C=O) groups is 2. The molecule has 8 nitrogen and oxygen atoms in total. The van der Waals surface area contributed by atoms with Gasteiger partial charge in [-0.05, 0) is 48.7 Å². The first-order chi connectivity index (χ1) is 15.4. The van der Waals surface area contributed by atoms with E-state index in [9.17, 15) is 9.59 Å². The molecule has 0 fully saturated rings. The zero-order chi connectivity index (χ0) is 23.1. The molecule has 0 aliphatic carbocycles. The van der Waals surface area contributed by atoms with Gasteiger partial charge >= 0.3 is 0 Å². The van der Waals surface area contributed by atoms with Gasteiger partial charge in [-0.25, -0.2) is 5.43 Å². The van der Waals surface area contributed by atoms with Crippen LogP contribution >= 0.6 is 15.9 Å². The topological polar surface area (TPSA) is 98.2 Å². The summed E-state index contributed by atoms with van der Waals surface area (Å²) in [6, 6.07) is 9.68. The number of fused-ring (bicyclic) bond motifs is 1. The van der Waals surface area contributed by atoms with Gasteiger partial charge < -0.3 is 19.5 Å². The van der Waals surface area contributed by atoms with Gasteiger partial charge in [0, 0.05) is 15.6 Å². The van der Waals surface area contributed by atoms with E-state index < -0.39 is 11.9 Å². The van der Waals surface area contributed by atoms with Gasteiger partial charge in [0.15, 0.2) is 11.5 Å². The molecule has 2 aromatic carbocycles. The monoisotopic (exact) mass is 503 g/mol. The number of amides is 2. The lowest BCUT2D eigenvalue weighted by molar-refractivity contribution is -0.123. The predicted molar refractivity (Wildman–Crippen MR) is 124 cm³/mol. The quantitative estimate of drug-likeness (QED) is 0.399. The van der Waals surface area contributed by atoms with Crippen molar-refractivity contribution in [1.82, 2.24) is 10.7 Å². The number of benzene rings is 2. The highest BCUT2D eigenvalue weighted by atomic mass is 79.9. The van der Waals surface area contributed by atoms with Gasteiger partial charge in [0.25, 0.3) is 11.8 Å². The average Bonchev–Trinajstić information content (AvgIpc) is 3.24. The summed E-state index contributed by atoms with van der Waals surface area (Å²) in [5.74, 6) is 0.800. The molecule has 2 amide bonds. The number of ether oxygens (including phenoxy) is 3. The van der Waals surface area contributed by atoms with Crippen LogP contribution in [0.2, 0.25) is 0 Å². The van der Waals surface area contributed by atoms with Crippen LogP contribution in [0.4, 0.5) is 0 Å². The van der Waals surface area contributed by atoms with Crippen molar-refractivity contribution in [3.63, 3.8) is 0 Å². The molecule has 0 saturated heterocycles. The second-order valence-corrected chi connectivity index (χ2v) is 8.44. The molecule has 32 heavy (non-hydrogen) atoms. The van der Waals surface area contributed by atoms with Crippen molar-refractivity contribution >= 4 is 34.0 Å². The Labute approximate surface area is 195 Å². The van der Waals surface area contributed by atoms with Crippen LogP contribution in [0.1, 0.15) is 43.1 Å². The molecular formula is C23H26BrN3O5. The number of halogens is 1. The summed E-state index contributed by atoms with van der Waals surface area (Å²) >= 11 is 3.43. The first-order valence-electron chi connectivity index (χ1n) is 10.3. The largest absolute Gasteiger partial charge is 0.493 e. The standard InChI is InChI=1S/C23H26BrN3O5/c1-4-9-30-18-8-6-17(24)10-16(18)12-25-27-23(29)21(14(2)3)26-22(28)15-5-7-19-20(11-15)32-13-31-19/h5-8,10-12,14,21H,4,9,13H2,1-3H3,(H,26,28)(H,27,29)/b25-12+. The van der Waals surface area contributed by atoms with Crippen LogP contribution in [0.15, 0.2) is 46.0 Å². The maximum absolute atomic E-state index is 12.7. The Balaban J connectivity index is 1.65. The van der Waals surface area contributed by atoms with Crippen LogP contribution in [-0.4, -0.2) is 37.5 Å². The minimum atomic E-state index is -0.775. The van der Waals surface area contributed by atoms with Gasteiger partial charge in [-0.3, -0.25) is 9.59 Å². The van der Waals surface area contributed by atoms with Gasteiger partial charge in [0.2, 0.25) is 6.79 Å². The molecule has 170 valence electrons. The van der Waals surface area contributed by atoms with Crippen molar-refractivity contribution in [2.75, 3.05) is 13.4 Å². The maximum atomic E-state index is 12.7. The predicted octanol–water partition coefficient (Wildman–Crippen LogP) is 3.87. The molecule has 0 aromatic heterocycles. The average molecular weight is 504 g/mol. The molecule has 1 aliphatic rings. The van der Waals surface area contributed by atoms with Crippen LogP contribution < -0.4 is 25.0 Å². The fourth-order valence-electron chi connectivity index (χ4n) is 3.00. The van der Waals surface area contributed by atoms with E-state index in [4.69, 9.17) is 14.2 Å². The smallest absolute Gasteiger partial charge is 0.262 e. The van der Waals surface area contributed by atoms with E-state index in [0.717, 1.165) is 16.5 Å². The first-order valence-corrected chi connectivity index (χ1v) is 11.1. The number of hydrogen-bond acceptors (Lipinski definition) is 6. The number of carbonyl (C=O) groups excluding carboxylic acids is 2. The van der Waals surface area contributed by atoms with Crippen LogP contribution in [-0.2, 0) is 4.79 Å². The second-order valence-electron chi connectivity index (χ2n) is 7.53. The summed E-state index contributed by atoms with van der Waals surface area (Å²) in [4.78, 5) is 25.4. The van der Waals surface area contributed by atoms with Crippen LogP contribution in [0, 0.1) is 5.92 Å². The Morgan fingerprint density at radius 1 is 1.19 bits per heavy atom. The number of nitrogens with one attached hydrogen (secondary N) is 2. The van der Waals surface area contributed by atoms with Crippen molar-refractivity contribution < 1.29 is 23.8 Å². The molecule has 3 rings (SSSR count). The highest BCUT2D eigenvalue weighted by Crippen LogP contribution is 2.32. The molecule has 1 aliphatic heterocycles. The highest BCUT2D eigenvalue weighted by Gasteiger charge is 2.25. The molecule has 1 unspecified atom stereocenters. The lowest BCUT2D eigenvalue weighted by atomic mass is 10.0. The molecular weight excluding hydrogens is 478 g/mol. The molecule has 0 spiro atoms. The van der Waals surface area contributed by atoms with E-state index in [2.05, 4.69) is 31.8 Å². The number of hydrogen-bond donors (Lipinski definition) is 2. The van der Waals surface area contributed by atoms with Gasteiger partial charge in [0.05, 0.1) is 12.8 Å². The summed E-state index contributed by atoms with van der Waals surface area (Å²) in [5, 5.41) is 6.84. The number of nitrogens with zero attached hydrogens (tertiary/aromatic N) is 1. The third kappa shape index (κ3) is 6.00. The van der Waals surface area contributed by atoms with E-state index in [1.807, 2.05) is 39.0 Å². The summed E-state index contributed by atoms with van der Waals surface area (Å²) in [5.41, 5.74) is 3.61. The first kappa shape index (κ1) is 23.6. The Morgan fingerprint density at radius 2 is 1.97 bits per heavy atom. The third-order valence-electron chi connectivity index (χ3n) is 4.68. The van der Waals surface area contributed by atoms with Crippen molar-refractivity contribution in [1.29, 1.82) is 0 Å². The molecule has 1 heterocycles. The third-order valence-corrected chi connectivity index (χ3v) is 5.18. The normalized spacial score (nSPS) is 13.3. The fourth-order valence-corrected chi connectivity index (χ4v) is 3.37. The fraction of sp³-hybridized carbons (Fsp3) is 0.348. The van der Waals surface area contributed by atoms with Gasteiger partial charge in [0.1, 0.15) is 11.8 Å². The number of rotatable bonds is 9. The van der Waals surface area contributed by atoms with E-state index >= 15 is 0 Å². The van der Waals surface area contributed by atoms with Gasteiger partial charge in [-0.2, -0.15) is 5.10 Å². The Kier molecular flexibility index (Phi) is 8.10. The van der Waals surface area contributed by atoms with Crippen LogP contribution in [0.25, 0.3) is 0 Å². The maximum Gasteiger partial charge on any atom is 0.262 e. The van der Waals surface area contributed by atoms with Crippen LogP contribution in [0.5, 0.6) is 17.2 Å². The van der Waals surface area contributed by atoms with Gasteiger partial charge in [-0.1, -0.05) is 36.7 Å². The molecule has 0 radical (unpaired) electrons. The minimum absolute atomic E-state index is 0.124. The Bertz CT molecular complexity index is 1010. The van der Waals surface area contributed by atoms with Crippen molar-refractivity contribution in [2.24, 2.45) is 11.0 Å². The second kappa shape index (κ2) is 11.0. The van der Waals surface area contributed by atoms with E-state index in [0.29, 0.717) is 29.4 Å². The molecule has 1 atom stereocenters. The summed E-state index contributed by atoms with van der Waals surface area (Å²) in [7, 11) is 0. The minimum Gasteiger partial charge on any atom is -0.493 e. The zero-order valence-corrected chi connectivity index (χ0v) is 19.8. The zero-order valence-electron chi connectivity index (χ0n) is 18.2. The number of hydrazone groups is 1. The summed E-state index contributed by atoms with van der Waals surface area (Å²) in [6.45, 7) is 6.42. The van der Waals surface area contributed by atoms with Crippen molar-refractivity contribution in [3.05, 3.63) is 52.0 Å². The molecule has 0 bridgehead atoms. The van der Waals surface area contributed by atoms with Crippen molar-refractivity contribution in [2.45, 2.75) is 33.2 Å². The SMILES string of the molecule is CCCOc1ccc(Br)cc1/C=N/NC(=O)C(NC(=O)c1ccc2c(c1)OCO2)C(C)C. The van der Waals surface area contributed by atoms with E-state index in [1.165, 1.54) is 6.21 Å². The molecule has 2 aromatic rings. The summed E-state index contributed by atoms with van der Waals surface area (Å²) in [6.07, 6.45) is 2.40. The van der Waals surface area contributed by atoms with Crippen molar-refractivity contribution in [3.8, 4) is 17.2 Å². The molecule has 0 saturated carbocycles. The van der Waals surface area contributed by atoms with Gasteiger partial charge in [-0.15, -0.1) is 0 Å². The lowest BCUT2D eigenvalue weighted by Crippen LogP contribution is -2.48. The molecule has 9 heteroatoms. The molecule has 2 N–H and O–H groups in total. The lowest BCUT2D eigenvalue weighted by Gasteiger charge is -2.20. The van der Waals surface area contributed by atoms with Crippen LogP contribution in [0.3, 0.4) is 0 Å². The Hall–Kier alpha value is -3.07. The Morgan fingerprint density at radius 3 is 2.72 bits per heavy atom. The highest BCUT2D eigenvalue weighted by molar-refractivity contribution is 9.10. The van der Waals surface area contributed by atoms with E-state index in [-0.39, 0.29) is 18.6 Å². The van der Waals surface area contributed by atoms with E-state index in [1.54, 1.807) is 18.2 Å².